The normalized spacial score (nSPS) is 12.3. The molecule has 0 bridgehead atoms. The van der Waals surface area contributed by atoms with Gasteiger partial charge in [-0.25, -0.2) is 4.98 Å². The second-order valence-corrected chi connectivity index (χ2v) is 13.6. The first-order valence-corrected chi connectivity index (χ1v) is 18.0. The number of nitrogens with two attached hydrogens (primary N) is 2. The van der Waals surface area contributed by atoms with Crippen molar-refractivity contribution in [2.75, 3.05) is 13.6 Å². The maximum Gasteiger partial charge on any atom is 0.245 e. The number of hydrogen-bond acceptors (Lipinski definition) is 8. The Morgan fingerprint density at radius 2 is 1.86 bits per heavy atom. The fourth-order valence-electron chi connectivity index (χ4n) is 6.10. The summed E-state index contributed by atoms with van der Waals surface area (Å²) in [7, 11) is 1.60. The lowest BCUT2D eigenvalue weighted by molar-refractivity contribution is -0.141. The topological polar surface area (TPSA) is 172 Å². The Kier molecular flexibility index (Phi) is 13.2. The van der Waals surface area contributed by atoms with Crippen molar-refractivity contribution in [2.24, 2.45) is 11.5 Å². The quantitative estimate of drug-likeness (QED) is 0.0649. The summed E-state index contributed by atoms with van der Waals surface area (Å²) < 4.78 is 0. The van der Waals surface area contributed by atoms with Crippen molar-refractivity contribution in [1.29, 1.82) is 0 Å². The van der Waals surface area contributed by atoms with Crippen LogP contribution in [-0.4, -0.2) is 63.8 Å². The van der Waals surface area contributed by atoms with Gasteiger partial charge in [0.1, 0.15) is 17.1 Å². The van der Waals surface area contributed by atoms with Crippen LogP contribution in [-0.2, 0) is 33.9 Å². The average Bonchev–Trinajstić information content (AvgIpc) is 3.56. The third kappa shape index (κ3) is 9.14. The largest absolute Gasteiger partial charge is 0.361 e. The van der Waals surface area contributed by atoms with Crippen LogP contribution in [0.4, 0.5) is 0 Å². The van der Waals surface area contributed by atoms with Crippen LogP contribution in [0.5, 0.6) is 0 Å². The van der Waals surface area contributed by atoms with Gasteiger partial charge in [-0.15, -0.1) is 0 Å². The summed E-state index contributed by atoms with van der Waals surface area (Å²) in [4.78, 5) is 54.2. The van der Waals surface area contributed by atoms with Crippen molar-refractivity contribution in [1.82, 2.24) is 30.5 Å². The summed E-state index contributed by atoms with van der Waals surface area (Å²) in [6.07, 6.45) is 7.82. The number of aryl methyl sites for hydroxylation is 1. The zero-order valence-corrected chi connectivity index (χ0v) is 30.3. The molecule has 0 spiro atoms. The van der Waals surface area contributed by atoms with Crippen molar-refractivity contribution in [3.8, 4) is 11.1 Å². The number of H-pyrrole nitrogens is 1. The highest BCUT2D eigenvalue weighted by Gasteiger charge is 2.32. The summed E-state index contributed by atoms with van der Waals surface area (Å²) >= 11 is 8.29. The number of nitrogens with zero attached hydrogens (tertiary/aromatic N) is 3. The lowest BCUT2D eigenvalue weighted by Gasteiger charge is -2.31. The zero-order chi connectivity index (χ0) is 36.3. The number of carbonyl (C=O) groups excluding carboxylic acids is 3. The molecule has 0 fully saturated rings. The third-order valence-electron chi connectivity index (χ3n) is 8.85. The highest BCUT2D eigenvalue weighted by molar-refractivity contribution is 7.99. The van der Waals surface area contributed by atoms with E-state index in [0.29, 0.717) is 48.8 Å². The first kappa shape index (κ1) is 37.5. The number of fused-ring (bicyclic) bond motifs is 1. The Hall–Kier alpha value is -4.75. The fourth-order valence-corrected chi connectivity index (χ4v) is 7.45. The zero-order valence-electron chi connectivity index (χ0n) is 28.7. The van der Waals surface area contributed by atoms with Gasteiger partial charge in [0, 0.05) is 66.6 Å². The number of benzene rings is 2. The average molecular weight is 727 g/mol. The molecule has 2 aromatic carbocycles. The lowest BCUT2D eigenvalue weighted by Crippen LogP contribution is -2.54. The summed E-state index contributed by atoms with van der Waals surface area (Å²) in [6, 6.07) is 17.5. The molecule has 0 saturated carbocycles. The predicted octanol–water partition coefficient (Wildman–Crippen LogP) is 5.13. The Morgan fingerprint density at radius 3 is 2.63 bits per heavy atom. The molecule has 51 heavy (non-hydrogen) atoms. The van der Waals surface area contributed by atoms with Crippen LogP contribution in [0.3, 0.4) is 0 Å². The second kappa shape index (κ2) is 18.0. The first-order valence-electron chi connectivity index (χ1n) is 16.8. The molecule has 0 unspecified atom stereocenters. The van der Waals surface area contributed by atoms with Gasteiger partial charge in [-0.2, -0.15) is 0 Å². The molecule has 0 aliphatic heterocycles. The molecule has 5 rings (SSSR count). The van der Waals surface area contributed by atoms with E-state index in [4.69, 9.17) is 23.1 Å². The van der Waals surface area contributed by atoms with Crippen molar-refractivity contribution < 1.29 is 14.4 Å². The van der Waals surface area contributed by atoms with Crippen LogP contribution in [0.1, 0.15) is 41.6 Å². The predicted molar refractivity (Wildman–Crippen MR) is 202 cm³/mol. The molecule has 0 radical (unpaired) electrons. The van der Waals surface area contributed by atoms with Crippen molar-refractivity contribution in [3.05, 3.63) is 107 Å². The van der Waals surface area contributed by atoms with Gasteiger partial charge in [-0.05, 0) is 90.9 Å². The molecule has 3 amide bonds. The number of rotatable bonds is 17. The number of likely N-dealkylation sites (N-methyl/N-ethyl adjacent to an activating group) is 1. The van der Waals surface area contributed by atoms with E-state index in [1.165, 1.54) is 16.7 Å². The molecule has 0 saturated heterocycles. The van der Waals surface area contributed by atoms with Crippen LogP contribution in [0.25, 0.3) is 22.0 Å². The molecule has 266 valence electrons. The SMILES string of the molecule is Cc1cc(-c2ccc(Cl)c(Sc3ncccc3CN)c2CNC(=O)[C@H](Cc2c[nH]c3ccccc23)N(C)C(=O)[C@H](CCCCN)NC=O)ccn1. The minimum absolute atomic E-state index is 0.0994. The second-order valence-electron chi connectivity index (χ2n) is 12.2. The number of nitrogens with one attached hydrogen (secondary N) is 3. The Bertz CT molecular complexity index is 1990. The van der Waals surface area contributed by atoms with E-state index in [0.717, 1.165) is 49.3 Å². The van der Waals surface area contributed by atoms with E-state index in [-0.39, 0.29) is 24.8 Å². The van der Waals surface area contributed by atoms with Crippen molar-refractivity contribution in [2.45, 2.75) is 67.7 Å². The molecule has 0 aliphatic carbocycles. The molecular weight excluding hydrogens is 684 g/mol. The number of aromatic nitrogens is 3. The van der Waals surface area contributed by atoms with E-state index in [2.05, 4.69) is 25.6 Å². The van der Waals surface area contributed by atoms with Crippen LogP contribution < -0.4 is 22.1 Å². The monoisotopic (exact) mass is 726 g/mol. The van der Waals surface area contributed by atoms with Gasteiger partial charge >= 0.3 is 0 Å². The number of pyridine rings is 2. The minimum Gasteiger partial charge on any atom is -0.361 e. The minimum atomic E-state index is -0.913. The van der Waals surface area contributed by atoms with Gasteiger partial charge in [-0.1, -0.05) is 53.7 Å². The molecule has 13 heteroatoms. The van der Waals surface area contributed by atoms with Crippen molar-refractivity contribution in [3.63, 3.8) is 0 Å². The van der Waals surface area contributed by atoms with Gasteiger partial charge in [0.2, 0.25) is 18.2 Å². The summed E-state index contributed by atoms with van der Waals surface area (Å²) in [5.74, 6) is -0.730. The molecule has 7 N–H and O–H groups in total. The Balaban J connectivity index is 1.52. The van der Waals surface area contributed by atoms with Gasteiger partial charge in [0.25, 0.3) is 0 Å². The van der Waals surface area contributed by atoms with Crippen LogP contribution >= 0.6 is 23.4 Å². The molecule has 5 aromatic rings. The number of halogens is 1. The van der Waals surface area contributed by atoms with Gasteiger partial charge in [-0.3, -0.25) is 19.4 Å². The fraction of sp³-hybridized carbons (Fsp3) is 0.289. The number of para-hydroxylation sites is 1. The van der Waals surface area contributed by atoms with E-state index >= 15 is 0 Å². The Morgan fingerprint density at radius 1 is 1.04 bits per heavy atom. The standard InChI is InChI=1S/C38H43ClN8O3S/c1-24-18-25(14-17-42-24)28-12-13-31(39)35(51-37-26(20-41)8-7-16-43-37)30(28)22-45-36(49)34(19-27-21-44-32-10-4-3-9-29(27)32)47(2)38(50)33(46-23-48)11-5-6-15-40/h3-4,7-10,12-14,16-18,21,23,33-34,44H,5-6,11,15,19-20,22,40-41H2,1-2H3,(H,45,49)(H,46,48)/t33-,34-/m0/s1. The number of hydrogen-bond donors (Lipinski definition) is 5. The van der Waals surface area contributed by atoms with Crippen LogP contribution in [0.2, 0.25) is 5.02 Å². The molecule has 3 aromatic heterocycles. The van der Waals surface area contributed by atoms with E-state index in [1.807, 2.05) is 73.8 Å². The lowest BCUT2D eigenvalue weighted by atomic mass is 9.99. The Labute approximate surface area is 306 Å². The highest BCUT2D eigenvalue weighted by Crippen LogP contribution is 2.41. The number of aromatic amines is 1. The molecule has 3 heterocycles. The number of amides is 3. The van der Waals surface area contributed by atoms with Gasteiger partial charge in [0.05, 0.1) is 5.02 Å². The molecular formula is C38H43ClN8O3S. The van der Waals surface area contributed by atoms with Gasteiger partial charge < -0.3 is 32.0 Å². The smallest absolute Gasteiger partial charge is 0.245 e. The molecule has 0 aliphatic rings. The maximum absolute atomic E-state index is 14.4. The third-order valence-corrected chi connectivity index (χ3v) is 10.5. The highest BCUT2D eigenvalue weighted by atomic mass is 35.5. The van der Waals surface area contributed by atoms with E-state index in [9.17, 15) is 14.4 Å². The summed E-state index contributed by atoms with van der Waals surface area (Å²) in [6.45, 7) is 2.79. The summed E-state index contributed by atoms with van der Waals surface area (Å²) in [5, 5.41) is 7.96. The number of carbonyl (C=O) groups is 3. The first-order chi connectivity index (χ1) is 24.7. The van der Waals surface area contributed by atoms with Crippen molar-refractivity contribution >= 4 is 52.5 Å². The molecule has 11 nitrogen and oxygen atoms in total. The van der Waals surface area contributed by atoms with E-state index in [1.54, 1.807) is 19.4 Å². The maximum atomic E-state index is 14.4. The van der Waals surface area contributed by atoms with Crippen LogP contribution in [0.15, 0.2) is 89.2 Å². The molecule has 2 atom stereocenters. The van der Waals surface area contributed by atoms with E-state index < -0.39 is 12.1 Å². The van der Waals surface area contributed by atoms with Gasteiger partial charge in [0.15, 0.2) is 0 Å². The summed E-state index contributed by atoms with van der Waals surface area (Å²) in [5.41, 5.74) is 17.8. The number of unbranched alkanes of at least 4 members (excludes halogenated alkanes) is 1. The van der Waals surface area contributed by atoms with Crippen LogP contribution in [0, 0.1) is 6.92 Å².